The number of hydrogen-bond donors (Lipinski definition) is 1. The van der Waals surface area contributed by atoms with E-state index in [0.717, 1.165) is 11.1 Å². The third-order valence-corrected chi connectivity index (χ3v) is 3.82. The van der Waals surface area contributed by atoms with Crippen molar-refractivity contribution in [2.75, 3.05) is 7.11 Å². The topological polar surface area (TPSA) is 35.2 Å². The molecule has 0 spiro atoms. The van der Waals surface area contributed by atoms with Gasteiger partial charge in [-0.2, -0.15) is 0 Å². The number of benzene rings is 1. The molecule has 0 unspecified atom stereocenters. The number of fused-ring (bicyclic) bond motifs is 1. The second-order valence-electron chi connectivity index (χ2n) is 4.20. The van der Waals surface area contributed by atoms with E-state index in [4.69, 9.17) is 10.5 Å². The molecule has 0 aliphatic rings. The first kappa shape index (κ1) is 10.5. The summed E-state index contributed by atoms with van der Waals surface area (Å²) in [6.07, 6.45) is 0. The predicted molar refractivity (Wildman–Crippen MR) is 65.6 cm³/mol. The summed E-state index contributed by atoms with van der Waals surface area (Å²) in [6.45, 7) is 4.04. The van der Waals surface area contributed by atoms with Crippen molar-refractivity contribution in [2.45, 2.75) is 19.4 Å². The van der Waals surface area contributed by atoms with Gasteiger partial charge in [-0.05, 0) is 32.0 Å². The van der Waals surface area contributed by atoms with Crippen LogP contribution < -0.4 is 10.5 Å². The quantitative estimate of drug-likeness (QED) is 0.845. The normalized spacial score (nSPS) is 12.0. The van der Waals surface area contributed by atoms with Crippen molar-refractivity contribution in [1.82, 2.24) is 0 Å². The second-order valence-corrected chi connectivity index (χ2v) is 5.29. The van der Waals surface area contributed by atoms with Crippen LogP contribution in [0.25, 0.3) is 10.1 Å². The molecule has 2 aromatic rings. The van der Waals surface area contributed by atoms with E-state index in [9.17, 15) is 0 Å². The van der Waals surface area contributed by atoms with Gasteiger partial charge in [-0.3, -0.25) is 0 Å². The molecule has 0 radical (unpaired) electrons. The van der Waals surface area contributed by atoms with Crippen molar-refractivity contribution < 1.29 is 4.74 Å². The number of methoxy groups -OCH3 is 1. The zero-order valence-electron chi connectivity index (χ0n) is 9.20. The fourth-order valence-corrected chi connectivity index (χ4v) is 2.62. The molecular weight excluding hydrogens is 206 g/mol. The summed E-state index contributed by atoms with van der Waals surface area (Å²) in [4.78, 5) is 1.18. The maximum atomic E-state index is 6.08. The fourth-order valence-electron chi connectivity index (χ4n) is 1.53. The largest absolute Gasteiger partial charge is 0.496 e. The second kappa shape index (κ2) is 3.51. The highest BCUT2D eigenvalue weighted by molar-refractivity contribution is 7.19. The molecule has 80 valence electrons. The van der Waals surface area contributed by atoms with E-state index in [-0.39, 0.29) is 5.54 Å². The number of hydrogen-bond acceptors (Lipinski definition) is 3. The van der Waals surface area contributed by atoms with Crippen LogP contribution in [0.5, 0.6) is 5.75 Å². The average molecular weight is 221 g/mol. The third-order valence-electron chi connectivity index (χ3n) is 2.38. The van der Waals surface area contributed by atoms with Gasteiger partial charge in [0.15, 0.2) is 0 Å². The highest BCUT2D eigenvalue weighted by atomic mass is 32.1. The minimum absolute atomic E-state index is 0.283. The van der Waals surface area contributed by atoms with Crippen LogP contribution in [0, 0.1) is 0 Å². The lowest BCUT2D eigenvalue weighted by atomic mass is 10.0. The summed E-state index contributed by atoms with van der Waals surface area (Å²) in [5.74, 6) is 0.916. The van der Waals surface area contributed by atoms with Crippen molar-refractivity contribution in [2.24, 2.45) is 5.73 Å². The molecule has 0 bridgehead atoms. The smallest absolute Gasteiger partial charge is 0.127 e. The fraction of sp³-hybridized carbons (Fsp3) is 0.333. The molecule has 2 rings (SSSR count). The van der Waals surface area contributed by atoms with E-state index >= 15 is 0 Å². The average Bonchev–Trinajstić information content (AvgIpc) is 2.59. The number of ether oxygens (including phenoxy) is 1. The number of rotatable bonds is 2. The van der Waals surface area contributed by atoms with Crippen molar-refractivity contribution in [3.05, 3.63) is 29.1 Å². The van der Waals surface area contributed by atoms with Gasteiger partial charge in [-0.25, -0.2) is 0 Å². The molecule has 0 amide bonds. The molecule has 2 nitrogen and oxygen atoms in total. The molecular formula is C12H15NOS. The molecule has 0 saturated heterocycles. The summed E-state index contributed by atoms with van der Waals surface area (Å²) in [7, 11) is 1.69. The molecule has 0 fully saturated rings. The minimum atomic E-state index is -0.283. The van der Waals surface area contributed by atoms with E-state index in [2.05, 4.69) is 12.1 Å². The molecule has 0 saturated carbocycles. The molecule has 0 aliphatic heterocycles. The maximum Gasteiger partial charge on any atom is 0.127 e. The van der Waals surface area contributed by atoms with Crippen molar-refractivity contribution in [1.29, 1.82) is 0 Å². The summed E-state index contributed by atoms with van der Waals surface area (Å²) in [5, 5.41) is 1.15. The highest BCUT2D eigenvalue weighted by Gasteiger charge is 2.18. The molecule has 0 aliphatic carbocycles. The van der Waals surface area contributed by atoms with Crippen LogP contribution in [0.15, 0.2) is 24.3 Å². The lowest BCUT2D eigenvalue weighted by Gasteiger charge is -2.15. The van der Waals surface area contributed by atoms with Crippen LogP contribution in [0.1, 0.15) is 18.7 Å². The Labute approximate surface area is 93.7 Å². The van der Waals surface area contributed by atoms with Gasteiger partial charge in [-0.15, -0.1) is 11.3 Å². The Balaban J connectivity index is 2.65. The highest BCUT2D eigenvalue weighted by Crippen LogP contribution is 2.36. The van der Waals surface area contributed by atoms with Crippen LogP contribution in [0.3, 0.4) is 0 Å². The van der Waals surface area contributed by atoms with Gasteiger partial charge in [0, 0.05) is 20.5 Å². The van der Waals surface area contributed by atoms with Gasteiger partial charge in [0.05, 0.1) is 7.11 Å². The minimum Gasteiger partial charge on any atom is -0.496 e. The third kappa shape index (κ3) is 1.85. The number of thiophene rings is 1. The van der Waals surface area contributed by atoms with Crippen LogP contribution in [0.2, 0.25) is 0 Å². The lowest BCUT2D eigenvalue weighted by Crippen LogP contribution is -2.27. The monoisotopic (exact) mass is 221 g/mol. The summed E-state index contributed by atoms with van der Waals surface area (Å²) >= 11 is 1.73. The Kier molecular flexibility index (Phi) is 2.44. The van der Waals surface area contributed by atoms with Gasteiger partial charge in [0.1, 0.15) is 5.75 Å². The van der Waals surface area contributed by atoms with E-state index in [0.29, 0.717) is 0 Å². The first-order chi connectivity index (χ1) is 7.02. The molecule has 1 aromatic carbocycles. The Morgan fingerprint density at radius 3 is 2.67 bits per heavy atom. The van der Waals surface area contributed by atoms with Gasteiger partial charge in [0.25, 0.3) is 0 Å². The van der Waals surface area contributed by atoms with E-state index < -0.39 is 0 Å². The predicted octanol–water partition coefficient (Wildman–Crippen LogP) is 3.10. The Morgan fingerprint density at radius 1 is 1.33 bits per heavy atom. The van der Waals surface area contributed by atoms with Crippen LogP contribution in [-0.2, 0) is 5.54 Å². The zero-order chi connectivity index (χ0) is 11.1. The van der Waals surface area contributed by atoms with Gasteiger partial charge >= 0.3 is 0 Å². The van der Waals surface area contributed by atoms with Gasteiger partial charge in [-0.1, -0.05) is 6.07 Å². The molecule has 1 heterocycles. The summed E-state index contributed by atoms with van der Waals surface area (Å²) in [5.41, 5.74) is 5.80. The maximum absolute atomic E-state index is 6.08. The van der Waals surface area contributed by atoms with E-state index in [1.165, 1.54) is 9.58 Å². The van der Waals surface area contributed by atoms with Crippen molar-refractivity contribution in [3.8, 4) is 5.75 Å². The van der Waals surface area contributed by atoms with Crippen LogP contribution in [-0.4, -0.2) is 7.11 Å². The van der Waals surface area contributed by atoms with Crippen molar-refractivity contribution >= 4 is 21.4 Å². The first-order valence-electron chi connectivity index (χ1n) is 4.88. The molecule has 15 heavy (non-hydrogen) atoms. The summed E-state index contributed by atoms with van der Waals surface area (Å²) in [6, 6.07) is 8.20. The van der Waals surface area contributed by atoms with E-state index in [1.807, 2.05) is 26.0 Å². The molecule has 2 N–H and O–H groups in total. The molecule has 0 atom stereocenters. The van der Waals surface area contributed by atoms with Crippen LogP contribution >= 0.6 is 11.3 Å². The molecule has 1 aromatic heterocycles. The Hall–Kier alpha value is -1.06. The zero-order valence-corrected chi connectivity index (χ0v) is 10.0. The summed E-state index contributed by atoms with van der Waals surface area (Å²) < 4.78 is 6.54. The molecule has 3 heteroatoms. The first-order valence-corrected chi connectivity index (χ1v) is 5.70. The van der Waals surface area contributed by atoms with E-state index in [1.54, 1.807) is 18.4 Å². The van der Waals surface area contributed by atoms with Gasteiger partial charge in [0.2, 0.25) is 0 Å². The van der Waals surface area contributed by atoms with Crippen LogP contribution in [0.4, 0.5) is 0 Å². The van der Waals surface area contributed by atoms with Crippen molar-refractivity contribution in [3.63, 3.8) is 0 Å². The van der Waals surface area contributed by atoms with Gasteiger partial charge < -0.3 is 10.5 Å². The Morgan fingerprint density at radius 2 is 2.07 bits per heavy atom. The number of nitrogens with two attached hydrogens (primary N) is 1. The SMILES string of the molecule is COc1cccc2sc(C(C)(C)N)cc12. The standard InChI is InChI=1S/C12H15NOS/c1-12(2,13)11-7-8-9(14-3)5-4-6-10(8)15-11/h4-7H,13H2,1-3H3. The lowest BCUT2D eigenvalue weighted by molar-refractivity contribution is 0.420. The Bertz CT molecular complexity index is 482.